The van der Waals surface area contributed by atoms with E-state index in [-0.39, 0.29) is 31.0 Å². The van der Waals surface area contributed by atoms with Crippen molar-refractivity contribution in [2.24, 2.45) is 0 Å². The molecule has 0 saturated heterocycles. The Labute approximate surface area is 155 Å². The number of rotatable bonds is 8. The van der Waals surface area contributed by atoms with Crippen LogP contribution in [0.25, 0.3) is 10.8 Å². The summed E-state index contributed by atoms with van der Waals surface area (Å²) in [5, 5.41) is 23.1. The van der Waals surface area contributed by atoms with Gasteiger partial charge in [-0.15, -0.1) is 0 Å². The third kappa shape index (κ3) is 3.94. The second-order valence-corrected chi connectivity index (χ2v) is 5.86. The van der Waals surface area contributed by atoms with Crippen molar-refractivity contribution in [3.63, 3.8) is 0 Å². The van der Waals surface area contributed by atoms with Crippen LogP contribution >= 0.6 is 0 Å². The zero-order chi connectivity index (χ0) is 19.2. The molecule has 138 valence electrons. The summed E-state index contributed by atoms with van der Waals surface area (Å²) in [5.74, 6) is 0. The van der Waals surface area contributed by atoms with E-state index in [0.29, 0.717) is 22.7 Å². The van der Waals surface area contributed by atoms with E-state index in [2.05, 4.69) is 0 Å². The first-order valence-electron chi connectivity index (χ1n) is 8.37. The second kappa shape index (κ2) is 8.39. The van der Waals surface area contributed by atoms with Gasteiger partial charge in [-0.05, 0) is 10.9 Å². The Morgan fingerprint density at radius 1 is 1.07 bits per heavy atom. The first-order chi connectivity index (χ1) is 13.2. The van der Waals surface area contributed by atoms with Crippen molar-refractivity contribution < 1.29 is 19.7 Å². The fourth-order valence-corrected chi connectivity index (χ4v) is 3.00. The van der Waals surface area contributed by atoms with Crippen LogP contribution in [-0.4, -0.2) is 23.0 Å². The summed E-state index contributed by atoms with van der Waals surface area (Å²) in [7, 11) is 0. The van der Waals surface area contributed by atoms with Gasteiger partial charge in [0.2, 0.25) is 6.41 Å². The number of hydrogen-bond acceptors (Lipinski definition) is 5. The number of nitro benzene ring substituents is 1. The van der Waals surface area contributed by atoms with Gasteiger partial charge in [0.05, 0.1) is 10.6 Å². The van der Waals surface area contributed by atoms with E-state index in [1.54, 1.807) is 24.3 Å². The molecule has 3 aromatic carbocycles. The Morgan fingerprint density at radius 2 is 1.74 bits per heavy atom. The van der Waals surface area contributed by atoms with E-state index in [1.807, 2.05) is 30.3 Å². The van der Waals surface area contributed by atoms with E-state index >= 15 is 0 Å². The van der Waals surface area contributed by atoms with Crippen molar-refractivity contribution >= 4 is 28.6 Å². The van der Waals surface area contributed by atoms with E-state index in [4.69, 9.17) is 4.84 Å². The van der Waals surface area contributed by atoms with Gasteiger partial charge >= 0.3 is 0 Å². The lowest BCUT2D eigenvalue weighted by Crippen LogP contribution is -2.22. The van der Waals surface area contributed by atoms with Gasteiger partial charge in [0, 0.05) is 30.0 Å². The SMILES string of the molecule is O=CN(OCc1ccccc1)c1cc([N+](=O)[O-])c(CCO)c2ccccc12. The molecule has 0 fully saturated rings. The van der Waals surface area contributed by atoms with Crippen LogP contribution in [-0.2, 0) is 22.7 Å². The predicted molar refractivity (Wildman–Crippen MR) is 101 cm³/mol. The summed E-state index contributed by atoms with van der Waals surface area (Å²) < 4.78 is 0. The standard InChI is InChI=1S/C20H18N2O5/c23-11-10-18-16-8-4-5-9-17(16)19(12-20(18)22(25)26)21(14-24)27-13-15-6-2-1-3-7-15/h1-9,12,14,23H,10-11,13H2. The Hall–Kier alpha value is -3.29. The maximum Gasteiger partial charge on any atom is 0.275 e. The minimum Gasteiger partial charge on any atom is -0.396 e. The van der Waals surface area contributed by atoms with Crippen molar-refractivity contribution in [2.45, 2.75) is 13.0 Å². The number of nitrogens with zero attached hydrogens (tertiary/aromatic N) is 2. The maximum absolute atomic E-state index is 11.7. The van der Waals surface area contributed by atoms with Gasteiger partial charge in [-0.3, -0.25) is 19.7 Å². The minimum absolute atomic E-state index is 0.139. The zero-order valence-corrected chi connectivity index (χ0v) is 14.4. The van der Waals surface area contributed by atoms with E-state index < -0.39 is 4.92 Å². The van der Waals surface area contributed by atoms with Gasteiger partial charge in [0.1, 0.15) is 6.61 Å². The van der Waals surface area contributed by atoms with Gasteiger partial charge in [-0.2, -0.15) is 5.06 Å². The predicted octanol–water partition coefficient (Wildman–Crippen LogP) is 3.38. The molecule has 3 rings (SSSR count). The molecule has 7 heteroatoms. The zero-order valence-electron chi connectivity index (χ0n) is 14.4. The molecule has 0 heterocycles. The van der Waals surface area contributed by atoms with Crippen molar-refractivity contribution in [3.05, 3.63) is 81.9 Å². The molecule has 0 aliphatic heterocycles. The smallest absolute Gasteiger partial charge is 0.275 e. The topological polar surface area (TPSA) is 92.9 Å². The third-order valence-corrected chi connectivity index (χ3v) is 4.22. The van der Waals surface area contributed by atoms with Gasteiger partial charge in [0.15, 0.2) is 0 Å². The fourth-order valence-electron chi connectivity index (χ4n) is 3.00. The monoisotopic (exact) mass is 366 g/mol. The molecule has 0 radical (unpaired) electrons. The van der Waals surface area contributed by atoms with Gasteiger partial charge < -0.3 is 5.11 Å². The first kappa shape index (κ1) is 18.5. The summed E-state index contributed by atoms with van der Waals surface area (Å²) in [5.41, 5.74) is 1.41. The molecule has 3 aromatic rings. The Morgan fingerprint density at radius 3 is 2.37 bits per heavy atom. The highest BCUT2D eigenvalue weighted by Crippen LogP contribution is 2.36. The average Bonchev–Trinajstić information content (AvgIpc) is 2.70. The van der Waals surface area contributed by atoms with Crippen molar-refractivity contribution in [3.8, 4) is 0 Å². The molecule has 0 aromatic heterocycles. The van der Waals surface area contributed by atoms with Crippen LogP contribution in [0.4, 0.5) is 11.4 Å². The van der Waals surface area contributed by atoms with Crippen LogP contribution in [0.1, 0.15) is 11.1 Å². The number of carbonyl (C=O) groups is 1. The number of anilines is 1. The van der Waals surface area contributed by atoms with Gasteiger partial charge in [-0.1, -0.05) is 54.6 Å². The lowest BCUT2D eigenvalue weighted by molar-refractivity contribution is -0.385. The summed E-state index contributed by atoms with van der Waals surface area (Å²) >= 11 is 0. The third-order valence-electron chi connectivity index (χ3n) is 4.22. The summed E-state index contributed by atoms with van der Waals surface area (Å²) in [6.45, 7) is -0.0772. The Bertz CT molecular complexity index is 959. The lowest BCUT2D eigenvalue weighted by atomic mass is 9.98. The minimum atomic E-state index is -0.513. The maximum atomic E-state index is 11.7. The molecule has 0 bridgehead atoms. The molecule has 0 aliphatic carbocycles. The summed E-state index contributed by atoms with van der Waals surface area (Å²) in [4.78, 5) is 28.3. The van der Waals surface area contributed by atoms with Crippen LogP contribution in [0.15, 0.2) is 60.7 Å². The number of aliphatic hydroxyl groups is 1. The Kier molecular flexibility index (Phi) is 5.75. The second-order valence-electron chi connectivity index (χ2n) is 5.86. The van der Waals surface area contributed by atoms with Crippen molar-refractivity contribution in [1.29, 1.82) is 0 Å². The number of aliphatic hydroxyl groups excluding tert-OH is 1. The first-order valence-corrected chi connectivity index (χ1v) is 8.37. The van der Waals surface area contributed by atoms with Crippen LogP contribution < -0.4 is 5.06 Å². The van der Waals surface area contributed by atoms with Gasteiger partial charge in [0.25, 0.3) is 5.69 Å². The van der Waals surface area contributed by atoms with Crippen molar-refractivity contribution in [1.82, 2.24) is 0 Å². The van der Waals surface area contributed by atoms with Crippen LogP contribution in [0.5, 0.6) is 0 Å². The number of fused-ring (bicyclic) bond motifs is 1. The van der Waals surface area contributed by atoms with Gasteiger partial charge in [-0.25, -0.2) is 0 Å². The highest BCUT2D eigenvalue weighted by molar-refractivity contribution is 6.01. The fraction of sp³-hybridized carbons (Fsp3) is 0.150. The normalized spacial score (nSPS) is 10.7. The molecule has 7 nitrogen and oxygen atoms in total. The van der Waals surface area contributed by atoms with Crippen LogP contribution in [0.3, 0.4) is 0 Å². The van der Waals surface area contributed by atoms with Crippen molar-refractivity contribution in [2.75, 3.05) is 11.7 Å². The molecular formula is C20H18N2O5. The van der Waals surface area contributed by atoms with E-state index in [0.717, 1.165) is 10.6 Å². The molecule has 0 saturated carbocycles. The summed E-state index contributed by atoms with van der Waals surface area (Å²) in [6, 6.07) is 17.6. The largest absolute Gasteiger partial charge is 0.396 e. The number of nitro groups is 1. The lowest BCUT2D eigenvalue weighted by Gasteiger charge is -2.20. The highest BCUT2D eigenvalue weighted by atomic mass is 16.7. The number of carbonyl (C=O) groups excluding carboxylic acids is 1. The quantitative estimate of drug-likeness (QED) is 0.375. The molecule has 0 spiro atoms. The molecule has 0 unspecified atom stereocenters. The average molecular weight is 366 g/mol. The number of benzene rings is 3. The summed E-state index contributed by atoms with van der Waals surface area (Å²) in [6.07, 6.45) is 0.628. The molecule has 27 heavy (non-hydrogen) atoms. The number of amides is 1. The molecule has 1 amide bonds. The molecular weight excluding hydrogens is 348 g/mol. The highest BCUT2D eigenvalue weighted by Gasteiger charge is 2.22. The number of hydroxylamine groups is 1. The van der Waals surface area contributed by atoms with Crippen LogP contribution in [0.2, 0.25) is 0 Å². The Balaban J connectivity index is 2.07. The van der Waals surface area contributed by atoms with E-state index in [9.17, 15) is 20.0 Å². The number of hydrogen-bond donors (Lipinski definition) is 1. The van der Waals surface area contributed by atoms with E-state index in [1.165, 1.54) is 6.07 Å². The van der Waals surface area contributed by atoms with Crippen LogP contribution in [0, 0.1) is 10.1 Å². The molecule has 0 atom stereocenters. The molecule has 1 N–H and O–H groups in total. The molecule has 0 aliphatic rings.